The first kappa shape index (κ1) is 13.7. The number of likely N-dealkylation sites (tertiary alicyclic amines) is 1. The number of ether oxygens (including phenoxy) is 1. The Morgan fingerprint density at radius 3 is 3.00 bits per heavy atom. The number of halogens is 3. The van der Waals surface area contributed by atoms with Crippen molar-refractivity contribution in [2.75, 3.05) is 26.3 Å². The molecular weight excluding hydrogens is 304 g/mol. The monoisotopic (exact) mass is 319 g/mol. The molecule has 1 saturated heterocycles. The van der Waals surface area contributed by atoms with Crippen LogP contribution >= 0.6 is 15.9 Å². The van der Waals surface area contributed by atoms with E-state index in [2.05, 4.69) is 20.8 Å². The summed E-state index contributed by atoms with van der Waals surface area (Å²) in [5, 5.41) is 0. The van der Waals surface area contributed by atoms with Crippen LogP contribution in [0.15, 0.2) is 22.7 Å². The van der Waals surface area contributed by atoms with E-state index in [1.807, 2.05) is 0 Å². The summed E-state index contributed by atoms with van der Waals surface area (Å²) in [4.78, 5) is 2.15. The van der Waals surface area contributed by atoms with E-state index in [0.29, 0.717) is 10.9 Å². The van der Waals surface area contributed by atoms with E-state index in [1.54, 1.807) is 12.1 Å². The standard InChI is InChI=1S/C13H16BrF2NO/c14-10-2-3-13(12(16)8-10)18-11-4-7-17(9-11)6-1-5-15/h2-3,8,11H,1,4-7,9H2/t11-/m1/s1. The Morgan fingerprint density at radius 1 is 1.44 bits per heavy atom. The van der Waals surface area contributed by atoms with Gasteiger partial charge in [-0.2, -0.15) is 0 Å². The normalized spacial score (nSPS) is 20.3. The third kappa shape index (κ3) is 3.65. The van der Waals surface area contributed by atoms with Crippen LogP contribution in [0.1, 0.15) is 12.8 Å². The van der Waals surface area contributed by atoms with Gasteiger partial charge in [-0.25, -0.2) is 4.39 Å². The van der Waals surface area contributed by atoms with Crippen LogP contribution in [0.2, 0.25) is 0 Å². The molecule has 100 valence electrons. The highest BCUT2D eigenvalue weighted by Crippen LogP contribution is 2.24. The van der Waals surface area contributed by atoms with Crippen molar-refractivity contribution in [3.8, 4) is 5.75 Å². The summed E-state index contributed by atoms with van der Waals surface area (Å²) < 4.78 is 32.0. The van der Waals surface area contributed by atoms with Crippen LogP contribution in [-0.2, 0) is 0 Å². The second kappa shape index (κ2) is 6.48. The third-order valence-electron chi connectivity index (χ3n) is 3.02. The second-order valence-electron chi connectivity index (χ2n) is 4.45. The fraction of sp³-hybridized carbons (Fsp3) is 0.538. The van der Waals surface area contributed by atoms with Crippen LogP contribution < -0.4 is 4.74 Å². The summed E-state index contributed by atoms with van der Waals surface area (Å²) in [5.74, 6) is -0.0675. The lowest BCUT2D eigenvalue weighted by atomic mass is 10.3. The molecule has 5 heteroatoms. The Hall–Kier alpha value is -0.680. The van der Waals surface area contributed by atoms with Crippen molar-refractivity contribution in [3.63, 3.8) is 0 Å². The molecule has 0 radical (unpaired) electrons. The van der Waals surface area contributed by atoms with Crippen LogP contribution in [0.4, 0.5) is 8.78 Å². The predicted octanol–water partition coefficient (Wildman–Crippen LogP) is 3.40. The molecular formula is C13H16BrF2NO. The number of alkyl halides is 1. The van der Waals surface area contributed by atoms with E-state index in [4.69, 9.17) is 4.74 Å². The van der Waals surface area contributed by atoms with Gasteiger partial charge in [0.2, 0.25) is 0 Å². The molecule has 1 heterocycles. The summed E-state index contributed by atoms with van der Waals surface area (Å²) >= 11 is 3.21. The molecule has 18 heavy (non-hydrogen) atoms. The maximum absolute atomic E-state index is 13.6. The third-order valence-corrected chi connectivity index (χ3v) is 3.52. The molecule has 1 aromatic carbocycles. The van der Waals surface area contributed by atoms with Gasteiger partial charge in [-0.15, -0.1) is 0 Å². The molecule has 1 aromatic rings. The molecule has 2 rings (SSSR count). The topological polar surface area (TPSA) is 12.5 Å². The van der Waals surface area contributed by atoms with E-state index < -0.39 is 0 Å². The molecule has 0 spiro atoms. The number of hydrogen-bond donors (Lipinski definition) is 0. The fourth-order valence-electron chi connectivity index (χ4n) is 2.13. The minimum absolute atomic E-state index is 0.000265. The zero-order valence-electron chi connectivity index (χ0n) is 10.0. The molecule has 0 bridgehead atoms. The smallest absolute Gasteiger partial charge is 0.166 e. The van der Waals surface area contributed by atoms with Gasteiger partial charge in [0, 0.05) is 24.1 Å². The Labute approximate surface area is 114 Å². The van der Waals surface area contributed by atoms with E-state index in [9.17, 15) is 8.78 Å². The Kier molecular flexibility index (Phi) is 4.95. The summed E-state index contributed by atoms with van der Waals surface area (Å²) in [7, 11) is 0. The zero-order chi connectivity index (χ0) is 13.0. The molecule has 0 aliphatic carbocycles. The summed E-state index contributed by atoms with van der Waals surface area (Å²) in [6.07, 6.45) is 1.42. The number of rotatable bonds is 5. The minimum atomic E-state index is -0.355. The van der Waals surface area contributed by atoms with Crippen molar-refractivity contribution in [2.45, 2.75) is 18.9 Å². The Bertz CT molecular complexity index is 403. The van der Waals surface area contributed by atoms with E-state index in [1.165, 1.54) is 6.07 Å². The van der Waals surface area contributed by atoms with Gasteiger partial charge >= 0.3 is 0 Å². The lowest BCUT2D eigenvalue weighted by Crippen LogP contribution is -2.26. The van der Waals surface area contributed by atoms with Crippen molar-refractivity contribution in [3.05, 3.63) is 28.5 Å². The van der Waals surface area contributed by atoms with Gasteiger partial charge in [-0.1, -0.05) is 15.9 Å². The predicted molar refractivity (Wildman–Crippen MR) is 70.2 cm³/mol. The van der Waals surface area contributed by atoms with Crippen LogP contribution in [0.3, 0.4) is 0 Å². The van der Waals surface area contributed by atoms with E-state index in [0.717, 1.165) is 26.1 Å². The highest BCUT2D eigenvalue weighted by Gasteiger charge is 2.24. The average molecular weight is 320 g/mol. The SMILES string of the molecule is FCCCN1CC[C@@H](Oc2ccc(Br)cc2F)C1. The molecule has 2 nitrogen and oxygen atoms in total. The molecule has 1 aliphatic heterocycles. The maximum Gasteiger partial charge on any atom is 0.166 e. The van der Waals surface area contributed by atoms with Gasteiger partial charge in [-0.05, 0) is 31.0 Å². The quantitative estimate of drug-likeness (QED) is 0.824. The van der Waals surface area contributed by atoms with Gasteiger partial charge in [0.25, 0.3) is 0 Å². The first-order valence-electron chi connectivity index (χ1n) is 6.09. The number of hydrogen-bond acceptors (Lipinski definition) is 2. The zero-order valence-corrected chi connectivity index (χ0v) is 11.6. The average Bonchev–Trinajstić information content (AvgIpc) is 2.78. The van der Waals surface area contributed by atoms with Crippen molar-refractivity contribution < 1.29 is 13.5 Å². The minimum Gasteiger partial charge on any atom is -0.486 e. The molecule has 1 atom stereocenters. The maximum atomic E-state index is 13.6. The van der Waals surface area contributed by atoms with Crippen molar-refractivity contribution in [1.29, 1.82) is 0 Å². The lowest BCUT2D eigenvalue weighted by molar-refractivity contribution is 0.191. The van der Waals surface area contributed by atoms with Gasteiger partial charge in [0.1, 0.15) is 6.10 Å². The molecule has 0 N–H and O–H groups in total. The second-order valence-corrected chi connectivity index (χ2v) is 5.36. The highest BCUT2D eigenvalue weighted by molar-refractivity contribution is 9.10. The molecule has 1 aliphatic rings. The van der Waals surface area contributed by atoms with Gasteiger partial charge < -0.3 is 4.74 Å². The molecule has 0 saturated carbocycles. The van der Waals surface area contributed by atoms with Crippen molar-refractivity contribution >= 4 is 15.9 Å². The molecule has 1 fully saturated rings. The van der Waals surface area contributed by atoms with Crippen LogP contribution in [-0.4, -0.2) is 37.3 Å². The van der Waals surface area contributed by atoms with Gasteiger partial charge in [0.15, 0.2) is 11.6 Å². The van der Waals surface area contributed by atoms with Crippen molar-refractivity contribution in [1.82, 2.24) is 4.90 Å². The van der Waals surface area contributed by atoms with Crippen LogP contribution in [0, 0.1) is 5.82 Å². The summed E-state index contributed by atoms with van der Waals surface area (Å²) in [5.41, 5.74) is 0. The molecule has 0 unspecified atom stereocenters. The summed E-state index contributed by atoms with van der Waals surface area (Å²) in [6, 6.07) is 4.78. The highest BCUT2D eigenvalue weighted by atomic mass is 79.9. The van der Waals surface area contributed by atoms with E-state index >= 15 is 0 Å². The fourth-order valence-corrected chi connectivity index (χ4v) is 2.46. The van der Waals surface area contributed by atoms with Crippen LogP contribution in [0.25, 0.3) is 0 Å². The largest absolute Gasteiger partial charge is 0.486 e. The number of benzene rings is 1. The van der Waals surface area contributed by atoms with Crippen LogP contribution in [0.5, 0.6) is 5.75 Å². The first-order chi connectivity index (χ1) is 8.69. The lowest BCUT2D eigenvalue weighted by Gasteiger charge is -2.16. The van der Waals surface area contributed by atoms with E-state index in [-0.39, 0.29) is 24.3 Å². The Morgan fingerprint density at radius 2 is 2.28 bits per heavy atom. The van der Waals surface area contributed by atoms with Gasteiger partial charge in [-0.3, -0.25) is 9.29 Å². The molecule has 0 amide bonds. The van der Waals surface area contributed by atoms with Crippen molar-refractivity contribution in [2.24, 2.45) is 0 Å². The summed E-state index contributed by atoms with van der Waals surface area (Å²) in [6.45, 7) is 2.10. The number of nitrogens with zero attached hydrogens (tertiary/aromatic N) is 1. The van der Waals surface area contributed by atoms with Gasteiger partial charge in [0.05, 0.1) is 6.67 Å². The Balaban J connectivity index is 1.87. The molecule has 0 aromatic heterocycles. The first-order valence-corrected chi connectivity index (χ1v) is 6.88.